The Labute approximate surface area is 129 Å². The van der Waals surface area contributed by atoms with Crippen LogP contribution in [0.4, 0.5) is 0 Å². The van der Waals surface area contributed by atoms with E-state index in [2.05, 4.69) is 10.1 Å². The molecule has 0 saturated heterocycles. The Morgan fingerprint density at radius 1 is 1.33 bits per heavy atom. The molecular weight excluding hydrogens is 312 g/mol. The van der Waals surface area contributed by atoms with Crippen LogP contribution in [0, 0.1) is 0 Å². The highest BCUT2D eigenvalue weighted by Crippen LogP contribution is 2.20. The second-order valence-electron chi connectivity index (χ2n) is 4.08. The second kappa shape index (κ2) is 6.07. The molecule has 1 aromatic carbocycles. The normalized spacial score (nSPS) is 10.5. The number of ether oxygens (including phenoxy) is 1. The molecule has 0 aliphatic carbocycles. The number of hydrogen-bond donors (Lipinski definition) is 0. The van der Waals surface area contributed by atoms with Crippen LogP contribution in [0.2, 0.25) is 5.02 Å². The molecule has 0 radical (unpaired) electrons. The monoisotopic (exact) mass is 320 g/mol. The first-order chi connectivity index (χ1) is 10.2. The molecule has 0 fully saturated rings. The van der Waals surface area contributed by atoms with Crippen LogP contribution in [0.1, 0.15) is 15.6 Å². The van der Waals surface area contributed by atoms with Crippen LogP contribution in [0.25, 0.3) is 11.4 Å². The Morgan fingerprint density at radius 3 is 3.00 bits per heavy atom. The van der Waals surface area contributed by atoms with E-state index in [4.69, 9.17) is 20.9 Å². The number of benzene rings is 1. The average Bonchev–Trinajstić information content (AvgIpc) is 3.16. The third kappa shape index (κ3) is 3.29. The van der Waals surface area contributed by atoms with Crippen molar-refractivity contribution >= 4 is 28.9 Å². The lowest BCUT2D eigenvalue weighted by molar-refractivity contribution is 0.0435. The van der Waals surface area contributed by atoms with Gasteiger partial charge in [0.2, 0.25) is 5.82 Å². The molecule has 0 N–H and O–H groups in total. The van der Waals surface area contributed by atoms with E-state index in [1.165, 1.54) is 11.3 Å². The maximum Gasteiger partial charge on any atom is 0.348 e. The summed E-state index contributed by atoms with van der Waals surface area (Å²) in [5, 5.41) is 6.23. The van der Waals surface area contributed by atoms with Crippen molar-refractivity contribution in [2.24, 2.45) is 0 Å². The fraction of sp³-hybridized carbons (Fsp3) is 0.0714. The Morgan fingerprint density at radius 2 is 2.24 bits per heavy atom. The van der Waals surface area contributed by atoms with E-state index in [9.17, 15) is 4.79 Å². The Bertz CT molecular complexity index is 755. The molecule has 0 atom stereocenters. The quantitative estimate of drug-likeness (QED) is 0.684. The Hall–Kier alpha value is -2.18. The van der Waals surface area contributed by atoms with Gasteiger partial charge < -0.3 is 9.26 Å². The van der Waals surface area contributed by atoms with Crippen molar-refractivity contribution in [3.8, 4) is 11.4 Å². The molecule has 2 heterocycles. The number of aromatic nitrogens is 2. The van der Waals surface area contributed by atoms with Crippen LogP contribution >= 0.6 is 22.9 Å². The van der Waals surface area contributed by atoms with Gasteiger partial charge in [0, 0.05) is 10.6 Å². The van der Waals surface area contributed by atoms with E-state index in [0.29, 0.717) is 15.7 Å². The number of esters is 1. The van der Waals surface area contributed by atoms with Gasteiger partial charge in [-0.1, -0.05) is 35.0 Å². The van der Waals surface area contributed by atoms with Crippen molar-refractivity contribution in [1.29, 1.82) is 0 Å². The van der Waals surface area contributed by atoms with Gasteiger partial charge in [-0.25, -0.2) is 4.79 Å². The zero-order chi connectivity index (χ0) is 14.7. The molecule has 0 unspecified atom stereocenters. The van der Waals surface area contributed by atoms with Crippen LogP contribution in [-0.2, 0) is 11.3 Å². The van der Waals surface area contributed by atoms with Gasteiger partial charge in [-0.05, 0) is 23.6 Å². The molecule has 0 saturated carbocycles. The van der Waals surface area contributed by atoms with Gasteiger partial charge in [0.05, 0.1) is 0 Å². The minimum Gasteiger partial charge on any atom is -0.451 e. The molecule has 2 aromatic heterocycles. The smallest absolute Gasteiger partial charge is 0.348 e. The van der Waals surface area contributed by atoms with Crippen molar-refractivity contribution in [2.75, 3.05) is 0 Å². The Balaban J connectivity index is 1.67. The highest BCUT2D eigenvalue weighted by atomic mass is 35.5. The number of carbonyl (C=O) groups is 1. The van der Waals surface area contributed by atoms with Crippen molar-refractivity contribution in [1.82, 2.24) is 10.1 Å². The van der Waals surface area contributed by atoms with Gasteiger partial charge in [-0.15, -0.1) is 11.3 Å². The number of carbonyl (C=O) groups excluding carboxylic acids is 1. The SMILES string of the molecule is O=C(OCc1nc(-c2cccc(Cl)c2)no1)c1cccs1. The lowest BCUT2D eigenvalue weighted by Crippen LogP contribution is -2.03. The molecule has 0 aliphatic heterocycles. The third-order valence-corrected chi connectivity index (χ3v) is 3.69. The lowest BCUT2D eigenvalue weighted by Gasteiger charge is -1.98. The number of halogens is 1. The van der Waals surface area contributed by atoms with Gasteiger partial charge in [-0.2, -0.15) is 4.98 Å². The van der Waals surface area contributed by atoms with Crippen molar-refractivity contribution < 1.29 is 14.1 Å². The predicted octanol–water partition coefficient (Wildman–Crippen LogP) is 3.81. The van der Waals surface area contributed by atoms with E-state index in [1.807, 2.05) is 6.07 Å². The summed E-state index contributed by atoms with van der Waals surface area (Å²) in [5.74, 6) is 0.224. The summed E-state index contributed by atoms with van der Waals surface area (Å²) in [6.07, 6.45) is 0. The molecule has 106 valence electrons. The largest absolute Gasteiger partial charge is 0.451 e. The third-order valence-electron chi connectivity index (χ3n) is 2.60. The molecule has 0 aliphatic rings. The summed E-state index contributed by atoms with van der Waals surface area (Å²) in [7, 11) is 0. The summed E-state index contributed by atoms with van der Waals surface area (Å²) in [4.78, 5) is 16.4. The van der Waals surface area contributed by atoms with Gasteiger partial charge in [0.15, 0.2) is 6.61 Å². The van der Waals surface area contributed by atoms with E-state index in [1.54, 1.807) is 35.7 Å². The second-order valence-corrected chi connectivity index (χ2v) is 5.46. The van der Waals surface area contributed by atoms with E-state index in [0.717, 1.165) is 5.56 Å². The van der Waals surface area contributed by atoms with Crippen LogP contribution in [0.15, 0.2) is 46.3 Å². The van der Waals surface area contributed by atoms with E-state index in [-0.39, 0.29) is 12.5 Å². The molecule has 3 rings (SSSR count). The first kappa shape index (κ1) is 13.8. The van der Waals surface area contributed by atoms with Crippen molar-refractivity contribution in [3.05, 3.63) is 57.6 Å². The van der Waals surface area contributed by atoms with E-state index < -0.39 is 5.97 Å². The first-order valence-electron chi connectivity index (χ1n) is 6.01. The number of hydrogen-bond acceptors (Lipinski definition) is 6. The number of nitrogens with zero attached hydrogens (tertiary/aromatic N) is 2. The van der Waals surface area contributed by atoms with Crippen molar-refractivity contribution in [2.45, 2.75) is 6.61 Å². The van der Waals surface area contributed by atoms with Gasteiger partial charge in [0.25, 0.3) is 5.89 Å². The average molecular weight is 321 g/mol. The summed E-state index contributed by atoms with van der Waals surface area (Å²) < 4.78 is 10.1. The topological polar surface area (TPSA) is 65.2 Å². The van der Waals surface area contributed by atoms with E-state index >= 15 is 0 Å². The van der Waals surface area contributed by atoms with Crippen LogP contribution in [-0.4, -0.2) is 16.1 Å². The summed E-state index contributed by atoms with van der Waals surface area (Å²) in [5.41, 5.74) is 0.738. The maximum absolute atomic E-state index is 11.7. The maximum atomic E-state index is 11.7. The minimum absolute atomic E-state index is 0.0652. The zero-order valence-electron chi connectivity index (χ0n) is 10.7. The highest BCUT2D eigenvalue weighted by molar-refractivity contribution is 7.11. The summed E-state index contributed by atoms with van der Waals surface area (Å²) in [6, 6.07) is 10.6. The lowest BCUT2D eigenvalue weighted by atomic mass is 10.2. The Kier molecular flexibility index (Phi) is 3.98. The van der Waals surface area contributed by atoms with Gasteiger partial charge in [0.1, 0.15) is 4.88 Å². The predicted molar refractivity (Wildman–Crippen MR) is 78.2 cm³/mol. The summed E-state index contributed by atoms with van der Waals surface area (Å²) in [6.45, 7) is -0.0652. The molecule has 0 spiro atoms. The molecule has 7 heteroatoms. The summed E-state index contributed by atoms with van der Waals surface area (Å²) >= 11 is 7.22. The molecule has 21 heavy (non-hydrogen) atoms. The minimum atomic E-state index is -0.410. The van der Waals surface area contributed by atoms with Gasteiger partial charge >= 0.3 is 5.97 Å². The van der Waals surface area contributed by atoms with Crippen LogP contribution < -0.4 is 0 Å². The standard InChI is InChI=1S/C14H9ClN2O3S/c15-10-4-1-3-9(7-10)13-16-12(20-17-13)8-19-14(18)11-5-2-6-21-11/h1-7H,8H2. The molecular formula is C14H9ClN2O3S. The highest BCUT2D eigenvalue weighted by Gasteiger charge is 2.13. The van der Waals surface area contributed by atoms with Crippen molar-refractivity contribution in [3.63, 3.8) is 0 Å². The molecule has 5 nitrogen and oxygen atoms in total. The number of thiophene rings is 1. The zero-order valence-corrected chi connectivity index (χ0v) is 12.2. The van der Waals surface area contributed by atoms with Crippen LogP contribution in [0.5, 0.6) is 0 Å². The van der Waals surface area contributed by atoms with Gasteiger partial charge in [-0.3, -0.25) is 0 Å². The fourth-order valence-electron chi connectivity index (χ4n) is 1.65. The molecule has 3 aromatic rings. The molecule has 0 bridgehead atoms. The van der Waals surface area contributed by atoms with Crippen LogP contribution in [0.3, 0.4) is 0 Å². The number of rotatable bonds is 4. The molecule has 0 amide bonds. The fourth-order valence-corrected chi connectivity index (χ4v) is 2.46. The first-order valence-corrected chi connectivity index (χ1v) is 7.27.